The van der Waals surface area contributed by atoms with Crippen molar-refractivity contribution in [3.05, 3.63) is 124 Å². The minimum Gasteiger partial charge on any atom is -0.461 e. The van der Waals surface area contributed by atoms with Crippen LogP contribution < -0.4 is 10.2 Å². The van der Waals surface area contributed by atoms with Crippen LogP contribution in [0.3, 0.4) is 0 Å². The van der Waals surface area contributed by atoms with Crippen molar-refractivity contribution in [3.8, 4) is 17.3 Å². The molecule has 3 aromatic carbocycles. The fourth-order valence-corrected chi connectivity index (χ4v) is 4.58. The van der Waals surface area contributed by atoms with E-state index in [0.717, 1.165) is 10.5 Å². The van der Waals surface area contributed by atoms with Crippen LogP contribution in [0.15, 0.2) is 105 Å². The Morgan fingerprint density at radius 3 is 2.18 bits per heavy atom. The highest BCUT2D eigenvalue weighted by molar-refractivity contribution is 6.22. The average Bonchev–Trinajstić information content (AvgIpc) is 3.55. The van der Waals surface area contributed by atoms with Crippen molar-refractivity contribution in [2.45, 2.75) is 13.0 Å². The molecule has 0 saturated carbocycles. The van der Waals surface area contributed by atoms with Crippen molar-refractivity contribution >= 4 is 28.8 Å². The Morgan fingerprint density at radius 1 is 0.842 bits per heavy atom. The van der Waals surface area contributed by atoms with E-state index in [1.54, 1.807) is 72.8 Å². The summed E-state index contributed by atoms with van der Waals surface area (Å²) in [5.74, 6) is -2.59. The number of furan rings is 1. The first-order chi connectivity index (χ1) is 18.4. The molecule has 38 heavy (non-hydrogen) atoms. The first-order valence-electron chi connectivity index (χ1n) is 11.8. The molecule has 1 aliphatic rings. The maximum atomic E-state index is 13.8. The van der Waals surface area contributed by atoms with Crippen LogP contribution in [-0.4, -0.2) is 22.7 Å². The smallest absolute Gasteiger partial charge is 0.339 e. The van der Waals surface area contributed by atoms with Gasteiger partial charge in [-0.05, 0) is 48.9 Å². The van der Waals surface area contributed by atoms with Crippen LogP contribution >= 0.6 is 0 Å². The van der Waals surface area contributed by atoms with Crippen molar-refractivity contribution in [3.63, 3.8) is 0 Å². The van der Waals surface area contributed by atoms with E-state index < -0.39 is 35.0 Å². The first kappa shape index (κ1) is 23.2. The lowest BCUT2D eigenvalue weighted by atomic mass is 10.1. The van der Waals surface area contributed by atoms with Crippen LogP contribution in [0.25, 0.3) is 22.5 Å². The molecule has 0 bridgehead atoms. The number of rotatable bonds is 5. The summed E-state index contributed by atoms with van der Waals surface area (Å²) in [6.07, 6.45) is 1.39. The number of hydrogen-bond donors (Lipinski definition) is 0. The molecule has 6 rings (SSSR count). The summed E-state index contributed by atoms with van der Waals surface area (Å²) >= 11 is 0. The summed E-state index contributed by atoms with van der Waals surface area (Å²) in [5, 5.41) is 0.208. The van der Waals surface area contributed by atoms with Gasteiger partial charge in [0.1, 0.15) is 5.58 Å². The lowest BCUT2D eigenvalue weighted by Gasteiger charge is -2.25. The molecule has 3 heterocycles. The van der Waals surface area contributed by atoms with Crippen molar-refractivity contribution in [1.29, 1.82) is 0 Å². The lowest BCUT2D eigenvalue weighted by molar-refractivity contribution is -0.139. The number of carbonyl (C=O) groups is 3. The summed E-state index contributed by atoms with van der Waals surface area (Å²) < 4.78 is 17.1. The number of benzene rings is 3. The predicted molar refractivity (Wildman–Crippen MR) is 137 cm³/mol. The van der Waals surface area contributed by atoms with E-state index >= 15 is 0 Å². The molecule has 0 spiro atoms. The SMILES string of the molecule is Cc1ccc2oc(-c3ccco3)c(OC(=O)C(c3ccccc3)N3C(=O)c4ccccc4C3=O)c(=O)c2c1. The van der Waals surface area contributed by atoms with Gasteiger partial charge >= 0.3 is 5.97 Å². The second-order valence-corrected chi connectivity index (χ2v) is 8.83. The van der Waals surface area contributed by atoms with Crippen molar-refractivity contribution < 1.29 is 28.0 Å². The van der Waals surface area contributed by atoms with Gasteiger partial charge in [-0.3, -0.25) is 19.3 Å². The molecule has 2 aromatic heterocycles. The maximum Gasteiger partial charge on any atom is 0.339 e. The Kier molecular flexibility index (Phi) is 5.49. The highest BCUT2D eigenvalue weighted by Crippen LogP contribution is 2.35. The largest absolute Gasteiger partial charge is 0.461 e. The Hall–Kier alpha value is -5.24. The number of ether oxygens (including phenoxy) is 1. The molecule has 8 nitrogen and oxygen atoms in total. The van der Waals surface area contributed by atoms with E-state index in [0.29, 0.717) is 5.56 Å². The third-order valence-corrected chi connectivity index (χ3v) is 6.37. The van der Waals surface area contributed by atoms with E-state index in [2.05, 4.69) is 0 Å². The molecular weight excluding hydrogens is 486 g/mol. The molecule has 1 atom stereocenters. The molecule has 1 aliphatic heterocycles. The highest BCUT2D eigenvalue weighted by atomic mass is 16.5. The third kappa shape index (κ3) is 3.70. The second kappa shape index (κ2) is 9.01. The van der Waals surface area contributed by atoms with Gasteiger partial charge in [0.25, 0.3) is 11.8 Å². The van der Waals surface area contributed by atoms with Gasteiger partial charge in [0.2, 0.25) is 16.9 Å². The molecule has 8 heteroatoms. The second-order valence-electron chi connectivity index (χ2n) is 8.83. The topological polar surface area (TPSA) is 107 Å². The van der Waals surface area contributed by atoms with Gasteiger partial charge in [-0.2, -0.15) is 0 Å². The minimum atomic E-state index is -1.46. The van der Waals surface area contributed by atoms with E-state index in [9.17, 15) is 19.2 Å². The number of imide groups is 1. The summed E-state index contributed by atoms with van der Waals surface area (Å²) in [5.41, 5.74) is 1.20. The first-order valence-corrected chi connectivity index (χ1v) is 11.8. The van der Waals surface area contributed by atoms with Crippen LogP contribution in [0, 0.1) is 6.92 Å². The number of hydrogen-bond acceptors (Lipinski definition) is 7. The molecular formula is C30H19NO7. The van der Waals surface area contributed by atoms with Crippen molar-refractivity contribution in [2.24, 2.45) is 0 Å². The van der Waals surface area contributed by atoms with Crippen molar-refractivity contribution in [2.75, 3.05) is 0 Å². The normalized spacial score (nSPS) is 13.6. The van der Waals surface area contributed by atoms with Gasteiger partial charge in [-0.1, -0.05) is 54.1 Å². The number of aryl methyl sites for hydroxylation is 1. The van der Waals surface area contributed by atoms with Gasteiger partial charge < -0.3 is 13.6 Å². The van der Waals surface area contributed by atoms with Gasteiger partial charge in [-0.25, -0.2) is 4.79 Å². The Labute approximate surface area is 215 Å². The minimum absolute atomic E-state index is 0.0844. The number of fused-ring (bicyclic) bond motifs is 2. The molecule has 0 fully saturated rings. The standard InChI is InChI=1S/C30H19NO7/c1-17-13-14-22-21(16-17)25(32)27(26(37-22)23-12-7-15-36-23)38-30(35)24(18-8-3-2-4-9-18)31-28(33)19-10-5-6-11-20(19)29(31)34/h2-16,24H,1H3. The van der Waals surface area contributed by atoms with Crippen LogP contribution in [0.2, 0.25) is 0 Å². The summed E-state index contributed by atoms with van der Waals surface area (Å²) in [7, 11) is 0. The monoisotopic (exact) mass is 505 g/mol. The van der Waals surface area contributed by atoms with Gasteiger partial charge in [0.15, 0.2) is 11.8 Å². The zero-order valence-corrected chi connectivity index (χ0v) is 20.0. The molecule has 1 unspecified atom stereocenters. The molecule has 0 saturated heterocycles. The highest BCUT2D eigenvalue weighted by Gasteiger charge is 2.44. The van der Waals surface area contributed by atoms with Crippen LogP contribution in [0.4, 0.5) is 0 Å². The number of esters is 1. The number of nitrogens with zero attached hydrogens (tertiary/aromatic N) is 1. The van der Waals surface area contributed by atoms with Gasteiger partial charge in [0.05, 0.1) is 22.8 Å². The van der Waals surface area contributed by atoms with Crippen LogP contribution in [0.5, 0.6) is 5.75 Å². The molecule has 0 aliphatic carbocycles. The molecule has 186 valence electrons. The Balaban J connectivity index is 1.49. The Morgan fingerprint density at radius 2 is 1.53 bits per heavy atom. The number of carbonyl (C=O) groups excluding carboxylic acids is 3. The third-order valence-electron chi connectivity index (χ3n) is 6.37. The summed E-state index contributed by atoms with van der Waals surface area (Å²) in [6.45, 7) is 1.82. The molecule has 5 aromatic rings. The summed E-state index contributed by atoms with van der Waals surface area (Å²) in [4.78, 5) is 54.9. The fourth-order valence-electron chi connectivity index (χ4n) is 4.58. The predicted octanol–water partition coefficient (Wildman–Crippen LogP) is 5.30. The van der Waals surface area contributed by atoms with E-state index in [-0.39, 0.29) is 33.6 Å². The quantitative estimate of drug-likeness (QED) is 0.236. The average molecular weight is 505 g/mol. The zero-order chi connectivity index (χ0) is 26.4. The maximum absolute atomic E-state index is 13.8. The van der Waals surface area contributed by atoms with E-state index in [1.165, 1.54) is 18.4 Å². The molecule has 0 N–H and O–H groups in total. The lowest BCUT2D eigenvalue weighted by Crippen LogP contribution is -2.40. The van der Waals surface area contributed by atoms with Crippen molar-refractivity contribution in [1.82, 2.24) is 4.90 Å². The van der Waals surface area contributed by atoms with Crippen LogP contribution in [-0.2, 0) is 4.79 Å². The number of amides is 2. The fraction of sp³-hybridized carbons (Fsp3) is 0.0667. The Bertz CT molecular complexity index is 1750. The summed E-state index contributed by atoms with van der Waals surface area (Å²) in [6, 6.07) is 21.4. The van der Waals surface area contributed by atoms with Crippen LogP contribution in [0.1, 0.15) is 37.9 Å². The van der Waals surface area contributed by atoms with Gasteiger partial charge in [-0.15, -0.1) is 0 Å². The molecule has 2 amide bonds. The van der Waals surface area contributed by atoms with E-state index in [4.69, 9.17) is 13.6 Å². The van der Waals surface area contributed by atoms with E-state index in [1.807, 2.05) is 6.92 Å². The van der Waals surface area contributed by atoms with Gasteiger partial charge in [0, 0.05) is 0 Å². The molecule has 0 radical (unpaired) electrons. The zero-order valence-electron chi connectivity index (χ0n) is 20.0.